The molecule has 90 valence electrons. The summed E-state index contributed by atoms with van der Waals surface area (Å²) in [5.41, 5.74) is 8.55. The lowest BCUT2D eigenvalue weighted by atomic mass is 10.0. The summed E-state index contributed by atoms with van der Waals surface area (Å²) in [7, 11) is 0. The monoisotopic (exact) mass is 230 g/mol. The van der Waals surface area contributed by atoms with Gasteiger partial charge in [-0.25, -0.2) is 0 Å². The summed E-state index contributed by atoms with van der Waals surface area (Å²) in [5.74, 6) is 0. The van der Waals surface area contributed by atoms with E-state index in [-0.39, 0.29) is 5.56 Å². The molecule has 17 heavy (non-hydrogen) atoms. The van der Waals surface area contributed by atoms with E-state index in [1.165, 1.54) is 5.56 Å². The fourth-order valence-corrected chi connectivity index (χ4v) is 2.03. The average Bonchev–Trinajstić information content (AvgIpc) is 2.35. The summed E-state index contributed by atoms with van der Waals surface area (Å²) in [6.07, 6.45) is 2.75. The molecule has 0 fully saturated rings. The van der Waals surface area contributed by atoms with Crippen LogP contribution in [0.3, 0.4) is 0 Å². The van der Waals surface area contributed by atoms with Crippen LogP contribution < -0.4 is 11.3 Å². The fraction of sp³-hybridized carbons (Fsp3) is 0.357. The zero-order chi connectivity index (χ0) is 12.3. The largest absolute Gasteiger partial charge is 0.330 e. The van der Waals surface area contributed by atoms with E-state index in [9.17, 15) is 4.79 Å². The molecular formula is C14H18N2O. The molecule has 3 nitrogen and oxygen atoms in total. The van der Waals surface area contributed by atoms with E-state index in [1.54, 1.807) is 0 Å². The first-order valence-corrected chi connectivity index (χ1v) is 6.09. The molecule has 0 spiro atoms. The second-order valence-corrected chi connectivity index (χ2v) is 4.29. The predicted octanol–water partition coefficient (Wildman–Crippen LogP) is 1.98. The van der Waals surface area contributed by atoms with Gasteiger partial charge in [0.1, 0.15) is 0 Å². The van der Waals surface area contributed by atoms with E-state index in [0.717, 1.165) is 35.7 Å². The van der Waals surface area contributed by atoms with Crippen LogP contribution in [-0.4, -0.2) is 11.5 Å². The molecule has 3 N–H and O–H groups in total. The fourth-order valence-electron chi connectivity index (χ4n) is 2.03. The van der Waals surface area contributed by atoms with Gasteiger partial charge < -0.3 is 10.7 Å². The first-order valence-electron chi connectivity index (χ1n) is 6.09. The molecule has 0 bridgehead atoms. The number of nitrogens with one attached hydrogen (secondary N) is 1. The van der Waals surface area contributed by atoms with E-state index in [1.807, 2.05) is 19.1 Å². The van der Waals surface area contributed by atoms with Crippen LogP contribution >= 0.6 is 0 Å². The van der Waals surface area contributed by atoms with Gasteiger partial charge in [0, 0.05) is 11.1 Å². The average molecular weight is 230 g/mol. The third kappa shape index (κ3) is 2.56. The van der Waals surface area contributed by atoms with Gasteiger partial charge in [-0.2, -0.15) is 0 Å². The zero-order valence-corrected chi connectivity index (χ0v) is 10.1. The normalized spacial score (nSPS) is 10.9. The van der Waals surface area contributed by atoms with Crippen LogP contribution in [0.2, 0.25) is 0 Å². The van der Waals surface area contributed by atoms with Gasteiger partial charge in [0.15, 0.2) is 0 Å². The lowest BCUT2D eigenvalue weighted by Crippen LogP contribution is -2.11. The topological polar surface area (TPSA) is 58.9 Å². The lowest BCUT2D eigenvalue weighted by molar-refractivity contribution is 0.833. The van der Waals surface area contributed by atoms with Crippen LogP contribution in [-0.2, 0) is 12.8 Å². The molecule has 0 saturated heterocycles. The number of H-pyrrole nitrogens is 1. The molecule has 0 unspecified atom stereocenters. The Morgan fingerprint density at radius 3 is 2.82 bits per heavy atom. The van der Waals surface area contributed by atoms with E-state index >= 15 is 0 Å². The smallest absolute Gasteiger partial charge is 0.251 e. The minimum atomic E-state index is 0.0229. The summed E-state index contributed by atoms with van der Waals surface area (Å²) >= 11 is 0. The maximum Gasteiger partial charge on any atom is 0.251 e. The summed E-state index contributed by atoms with van der Waals surface area (Å²) in [6.45, 7) is 2.71. The Morgan fingerprint density at radius 1 is 1.29 bits per heavy atom. The van der Waals surface area contributed by atoms with Crippen LogP contribution in [0.4, 0.5) is 0 Å². The van der Waals surface area contributed by atoms with Crippen LogP contribution in [0.5, 0.6) is 0 Å². The first kappa shape index (κ1) is 11.9. The number of aryl methyl sites for hydroxylation is 2. The number of pyridine rings is 1. The molecule has 2 rings (SSSR count). The molecule has 1 aromatic carbocycles. The number of aromatic amines is 1. The van der Waals surface area contributed by atoms with Gasteiger partial charge in [-0.3, -0.25) is 4.79 Å². The zero-order valence-electron chi connectivity index (χ0n) is 10.1. The second kappa shape index (κ2) is 5.15. The highest BCUT2D eigenvalue weighted by Crippen LogP contribution is 2.15. The highest BCUT2D eigenvalue weighted by molar-refractivity contribution is 5.79. The van der Waals surface area contributed by atoms with Crippen molar-refractivity contribution in [3.05, 3.63) is 45.7 Å². The molecule has 0 aliphatic carbocycles. The predicted molar refractivity (Wildman–Crippen MR) is 71.3 cm³/mol. The number of fused-ring (bicyclic) bond motifs is 1. The number of nitrogens with two attached hydrogens (primary N) is 1. The first-order chi connectivity index (χ1) is 8.24. The SMILES string of the molecule is CCc1cc2cc(CCCN)ccc2[nH]c1=O. The summed E-state index contributed by atoms with van der Waals surface area (Å²) in [5, 5.41) is 1.11. The standard InChI is InChI=1S/C14H18N2O/c1-2-11-9-12-8-10(4-3-7-15)5-6-13(12)16-14(11)17/h5-6,8-9H,2-4,7,15H2,1H3,(H,16,17). The summed E-state index contributed by atoms with van der Waals surface area (Å²) in [4.78, 5) is 14.6. The van der Waals surface area contributed by atoms with Crippen LogP contribution in [0.25, 0.3) is 10.9 Å². The molecule has 0 radical (unpaired) electrons. The van der Waals surface area contributed by atoms with Crippen molar-refractivity contribution in [1.82, 2.24) is 4.98 Å². The van der Waals surface area contributed by atoms with Crippen molar-refractivity contribution >= 4 is 10.9 Å². The molecule has 3 heteroatoms. The van der Waals surface area contributed by atoms with Gasteiger partial charge in [0.05, 0.1) is 0 Å². The molecular weight excluding hydrogens is 212 g/mol. The maximum atomic E-state index is 11.6. The van der Waals surface area contributed by atoms with Gasteiger partial charge in [0.2, 0.25) is 0 Å². The maximum absolute atomic E-state index is 11.6. The molecule has 0 amide bonds. The van der Waals surface area contributed by atoms with Gasteiger partial charge in [-0.05, 0) is 55.0 Å². The quantitative estimate of drug-likeness (QED) is 0.843. The molecule has 0 saturated carbocycles. The lowest BCUT2D eigenvalue weighted by Gasteiger charge is -2.04. The van der Waals surface area contributed by atoms with E-state index in [2.05, 4.69) is 17.1 Å². The van der Waals surface area contributed by atoms with Crippen molar-refractivity contribution in [1.29, 1.82) is 0 Å². The van der Waals surface area contributed by atoms with E-state index < -0.39 is 0 Å². The summed E-state index contributed by atoms with van der Waals surface area (Å²) < 4.78 is 0. The van der Waals surface area contributed by atoms with Gasteiger partial charge in [-0.1, -0.05) is 13.0 Å². The van der Waals surface area contributed by atoms with Gasteiger partial charge in [-0.15, -0.1) is 0 Å². The summed E-state index contributed by atoms with van der Waals surface area (Å²) in [6, 6.07) is 8.15. The Kier molecular flexibility index (Phi) is 3.59. The van der Waals surface area contributed by atoms with Crippen molar-refractivity contribution < 1.29 is 0 Å². The number of hydrogen-bond acceptors (Lipinski definition) is 2. The van der Waals surface area contributed by atoms with Crippen LogP contribution in [0.1, 0.15) is 24.5 Å². The number of hydrogen-bond donors (Lipinski definition) is 2. The molecule has 1 heterocycles. The van der Waals surface area contributed by atoms with Crippen molar-refractivity contribution in [3.63, 3.8) is 0 Å². The van der Waals surface area contributed by atoms with E-state index in [4.69, 9.17) is 5.73 Å². The molecule has 1 aromatic heterocycles. The minimum Gasteiger partial charge on any atom is -0.330 e. The van der Waals surface area contributed by atoms with Gasteiger partial charge >= 0.3 is 0 Å². The number of rotatable bonds is 4. The van der Waals surface area contributed by atoms with Crippen molar-refractivity contribution in [2.75, 3.05) is 6.54 Å². The highest BCUT2D eigenvalue weighted by atomic mass is 16.1. The van der Waals surface area contributed by atoms with E-state index in [0.29, 0.717) is 6.54 Å². The molecule has 0 aliphatic heterocycles. The minimum absolute atomic E-state index is 0.0229. The van der Waals surface area contributed by atoms with Crippen molar-refractivity contribution in [2.45, 2.75) is 26.2 Å². The van der Waals surface area contributed by atoms with Crippen molar-refractivity contribution in [2.24, 2.45) is 5.73 Å². The van der Waals surface area contributed by atoms with Crippen LogP contribution in [0, 0.1) is 0 Å². The Morgan fingerprint density at radius 2 is 2.12 bits per heavy atom. The van der Waals surface area contributed by atoms with Crippen molar-refractivity contribution in [3.8, 4) is 0 Å². The van der Waals surface area contributed by atoms with Gasteiger partial charge in [0.25, 0.3) is 5.56 Å². The Hall–Kier alpha value is -1.61. The third-order valence-electron chi connectivity index (χ3n) is 3.04. The Balaban J connectivity index is 2.45. The van der Waals surface area contributed by atoms with Crippen LogP contribution in [0.15, 0.2) is 29.1 Å². The molecule has 0 atom stereocenters. The molecule has 2 aromatic rings. The molecule has 0 aliphatic rings. The Labute approximate surface area is 101 Å². The number of benzene rings is 1. The Bertz CT molecular complexity index is 572. The highest BCUT2D eigenvalue weighted by Gasteiger charge is 2.02. The third-order valence-corrected chi connectivity index (χ3v) is 3.04. The number of aromatic nitrogens is 1. The second-order valence-electron chi connectivity index (χ2n) is 4.29.